The zero-order valence-electron chi connectivity index (χ0n) is 20.5. The molecule has 34 heavy (non-hydrogen) atoms. The molecule has 2 aliphatic heterocycles. The highest BCUT2D eigenvalue weighted by atomic mass is 16.5. The van der Waals surface area contributed by atoms with Crippen molar-refractivity contribution in [3.63, 3.8) is 0 Å². The topological polar surface area (TPSA) is 99.5 Å². The van der Waals surface area contributed by atoms with Gasteiger partial charge in [-0.3, -0.25) is 4.79 Å². The van der Waals surface area contributed by atoms with E-state index in [-0.39, 0.29) is 17.4 Å². The monoisotopic (exact) mass is 467 g/mol. The molecule has 1 aromatic heterocycles. The number of amides is 3. The maximum Gasteiger partial charge on any atom is 0.317 e. The van der Waals surface area contributed by atoms with Crippen LogP contribution in [0.5, 0.6) is 0 Å². The summed E-state index contributed by atoms with van der Waals surface area (Å²) >= 11 is 0. The molecular weight excluding hydrogens is 430 g/mol. The molecule has 3 N–H and O–H groups in total. The van der Waals surface area contributed by atoms with Gasteiger partial charge in [-0.2, -0.15) is 0 Å². The fraction of sp³-hybridized carbons (Fsp3) is 0.577. The minimum Gasteiger partial charge on any atom is -0.356 e. The van der Waals surface area contributed by atoms with Crippen molar-refractivity contribution < 1.29 is 14.1 Å². The quantitative estimate of drug-likeness (QED) is 0.554. The lowest BCUT2D eigenvalue weighted by atomic mass is 9.81. The second-order valence-corrected chi connectivity index (χ2v) is 10.5. The second kappa shape index (κ2) is 10.6. The van der Waals surface area contributed by atoms with Gasteiger partial charge in [-0.05, 0) is 48.7 Å². The lowest BCUT2D eigenvalue weighted by Gasteiger charge is -2.31. The van der Waals surface area contributed by atoms with E-state index in [9.17, 15) is 9.59 Å². The number of urea groups is 1. The van der Waals surface area contributed by atoms with Gasteiger partial charge in [-0.25, -0.2) is 4.79 Å². The number of aromatic nitrogens is 1. The molecule has 0 aliphatic carbocycles. The van der Waals surface area contributed by atoms with E-state index in [2.05, 4.69) is 66.1 Å². The summed E-state index contributed by atoms with van der Waals surface area (Å²) < 4.78 is 5.66. The van der Waals surface area contributed by atoms with E-state index in [4.69, 9.17) is 4.52 Å². The van der Waals surface area contributed by atoms with Crippen LogP contribution in [0.3, 0.4) is 0 Å². The van der Waals surface area contributed by atoms with Crippen LogP contribution in [0, 0.1) is 11.8 Å². The summed E-state index contributed by atoms with van der Waals surface area (Å²) in [5, 5.41) is 13.6. The van der Waals surface area contributed by atoms with Gasteiger partial charge in [0.05, 0.1) is 5.69 Å². The van der Waals surface area contributed by atoms with Crippen LogP contribution < -0.4 is 16.0 Å². The number of hydrogen-bond donors (Lipinski definition) is 3. The Labute approximate surface area is 201 Å². The van der Waals surface area contributed by atoms with Crippen LogP contribution >= 0.6 is 0 Å². The SMILES string of the molecule is CC(C)(C)c1ccc(-c2cc(CC3CNCCC3CC(=O)NCCN3CCNC3=O)no2)cc1. The molecule has 0 saturated carbocycles. The van der Waals surface area contributed by atoms with E-state index in [0.717, 1.165) is 42.9 Å². The molecule has 3 heterocycles. The van der Waals surface area contributed by atoms with Crippen LogP contribution in [-0.4, -0.2) is 61.3 Å². The Morgan fingerprint density at radius 1 is 1.21 bits per heavy atom. The minimum absolute atomic E-state index is 0.0511. The summed E-state index contributed by atoms with van der Waals surface area (Å²) in [5.41, 5.74) is 3.35. The van der Waals surface area contributed by atoms with Crippen LogP contribution in [0.1, 0.15) is 44.9 Å². The lowest BCUT2D eigenvalue weighted by molar-refractivity contribution is -0.122. The standard InChI is InChI=1S/C26H37N5O3/c1-26(2,3)21-6-4-18(5-7-21)23-16-22(30-34-23)14-20-17-27-9-8-19(20)15-24(32)28-10-12-31-13-11-29-25(31)33/h4-7,16,19-20,27H,8-15,17H2,1-3H3,(H,28,32)(H,29,33). The highest BCUT2D eigenvalue weighted by molar-refractivity contribution is 5.77. The van der Waals surface area contributed by atoms with Gasteiger partial charge in [0.15, 0.2) is 5.76 Å². The molecular formula is C26H37N5O3. The van der Waals surface area contributed by atoms with Crippen molar-refractivity contribution in [3.8, 4) is 11.3 Å². The second-order valence-electron chi connectivity index (χ2n) is 10.5. The van der Waals surface area contributed by atoms with Crippen LogP contribution in [0.2, 0.25) is 0 Å². The van der Waals surface area contributed by atoms with Gasteiger partial charge in [-0.1, -0.05) is 50.2 Å². The predicted octanol–water partition coefficient (Wildman–Crippen LogP) is 2.94. The molecule has 2 fully saturated rings. The number of carbonyl (C=O) groups excluding carboxylic acids is 2. The zero-order valence-corrected chi connectivity index (χ0v) is 20.5. The summed E-state index contributed by atoms with van der Waals surface area (Å²) in [6, 6.07) is 10.4. The largest absolute Gasteiger partial charge is 0.356 e. The van der Waals surface area contributed by atoms with Crippen molar-refractivity contribution in [2.45, 2.75) is 45.4 Å². The predicted molar refractivity (Wildman–Crippen MR) is 131 cm³/mol. The fourth-order valence-corrected chi connectivity index (χ4v) is 4.80. The fourth-order valence-electron chi connectivity index (χ4n) is 4.80. The number of carbonyl (C=O) groups is 2. The van der Waals surface area contributed by atoms with Crippen molar-refractivity contribution in [2.24, 2.45) is 11.8 Å². The first-order valence-corrected chi connectivity index (χ1v) is 12.4. The molecule has 184 valence electrons. The molecule has 1 aromatic carbocycles. The highest BCUT2D eigenvalue weighted by Crippen LogP contribution is 2.29. The third-order valence-electron chi connectivity index (χ3n) is 6.93. The average Bonchev–Trinajstić information content (AvgIpc) is 3.44. The van der Waals surface area contributed by atoms with Crippen LogP contribution in [0.25, 0.3) is 11.3 Å². The zero-order chi connectivity index (χ0) is 24.1. The number of hydrogen-bond acceptors (Lipinski definition) is 5. The first-order chi connectivity index (χ1) is 16.3. The Kier molecular flexibility index (Phi) is 7.56. The average molecular weight is 468 g/mol. The van der Waals surface area contributed by atoms with Gasteiger partial charge in [0.2, 0.25) is 5.91 Å². The van der Waals surface area contributed by atoms with Gasteiger partial charge < -0.3 is 25.4 Å². The third kappa shape index (κ3) is 6.17. The van der Waals surface area contributed by atoms with Crippen molar-refractivity contribution in [1.82, 2.24) is 26.0 Å². The molecule has 8 heteroatoms. The smallest absolute Gasteiger partial charge is 0.317 e. The highest BCUT2D eigenvalue weighted by Gasteiger charge is 2.28. The van der Waals surface area contributed by atoms with E-state index in [1.54, 1.807) is 4.90 Å². The van der Waals surface area contributed by atoms with Crippen molar-refractivity contribution in [2.75, 3.05) is 39.3 Å². The number of nitrogens with one attached hydrogen (secondary N) is 3. The first kappa shape index (κ1) is 24.3. The van der Waals surface area contributed by atoms with Crippen LogP contribution in [0.15, 0.2) is 34.9 Å². The Bertz CT molecular complexity index is 979. The molecule has 2 unspecified atom stereocenters. The number of piperidine rings is 1. The van der Waals surface area contributed by atoms with Crippen molar-refractivity contribution >= 4 is 11.9 Å². The van der Waals surface area contributed by atoms with Crippen molar-refractivity contribution in [3.05, 3.63) is 41.6 Å². The Hall–Kier alpha value is -2.87. The molecule has 2 aromatic rings. The summed E-state index contributed by atoms with van der Waals surface area (Å²) in [5.74, 6) is 1.45. The molecule has 3 amide bonds. The first-order valence-electron chi connectivity index (χ1n) is 12.4. The number of benzene rings is 1. The van der Waals surface area contributed by atoms with Crippen LogP contribution in [0.4, 0.5) is 4.79 Å². The van der Waals surface area contributed by atoms with Gasteiger partial charge in [0.1, 0.15) is 0 Å². The summed E-state index contributed by atoms with van der Waals surface area (Å²) in [4.78, 5) is 25.9. The van der Waals surface area contributed by atoms with Gasteiger partial charge in [0.25, 0.3) is 0 Å². The lowest BCUT2D eigenvalue weighted by Crippen LogP contribution is -2.41. The molecule has 2 saturated heterocycles. The molecule has 2 aliphatic rings. The van der Waals surface area contributed by atoms with E-state index in [1.807, 2.05) is 6.07 Å². The van der Waals surface area contributed by atoms with E-state index < -0.39 is 0 Å². The van der Waals surface area contributed by atoms with E-state index >= 15 is 0 Å². The third-order valence-corrected chi connectivity index (χ3v) is 6.93. The van der Waals surface area contributed by atoms with Gasteiger partial charge in [-0.15, -0.1) is 0 Å². The normalized spacial score (nSPS) is 20.9. The number of nitrogens with zero attached hydrogens (tertiary/aromatic N) is 2. The maximum absolute atomic E-state index is 12.6. The van der Waals surface area contributed by atoms with Gasteiger partial charge in [0, 0.05) is 44.2 Å². The molecule has 8 nitrogen and oxygen atoms in total. The van der Waals surface area contributed by atoms with Gasteiger partial charge >= 0.3 is 6.03 Å². The summed E-state index contributed by atoms with van der Waals surface area (Å²) in [7, 11) is 0. The van der Waals surface area contributed by atoms with E-state index in [0.29, 0.717) is 44.4 Å². The molecule has 2 atom stereocenters. The minimum atomic E-state index is -0.0511. The maximum atomic E-state index is 12.6. The molecule has 4 rings (SSSR count). The Morgan fingerprint density at radius 3 is 2.71 bits per heavy atom. The van der Waals surface area contributed by atoms with E-state index in [1.165, 1.54) is 5.56 Å². The van der Waals surface area contributed by atoms with Crippen LogP contribution in [-0.2, 0) is 16.6 Å². The Morgan fingerprint density at radius 2 is 2.00 bits per heavy atom. The summed E-state index contributed by atoms with van der Waals surface area (Å²) in [6.07, 6.45) is 2.24. The number of rotatable bonds is 8. The molecule has 0 spiro atoms. The molecule has 0 bridgehead atoms. The van der Waals surface area contributed by atoms with Crippen molar-refractivity contribution in [1.29, 1.82) is 0 Å². The molecule has 0 radical (unpaired) electrons. The Balaban J connectivity index is 1.30. The summed E-state index contributed by atoms with van der Waals surface area (Å²) in [6.45, 7) is 10.8.